The highest BCUT2D eigenvalue weighted by molar-refractivity contribution is 5.76. The largest absolute Gasteiger partial charge is 0.460 e. The Kier molecular flexibility index (Phi) is 10.4. The number of benzene rings is 1. The van der Waals surface area contributed by atoms with Gasteiger partial charge in [0.25, 0.3) is 0 Å². The third-order valence-electron chi connectivity index (χ3n) is 5.87. The molecule has 0 radical (unpaired) electrons. The predicted octanol–water partition coefficient (Wildman–Crippen LogP) is 7.10. The van der Waals surface area contributed by atoms with Gasteiger partial charge in [-0.2, -0.15) is 0 Å². The Morgan fingerprint density at radius 2 is 0.919 bits per heavy atom. The van der Waals surface area contributed by atoms with Crippen LogP contribution in [-0.4, -0.2) is 17.9 Å². The van der Waals surface area contributed by atoms with Gasteiger partial charge in [-0.05, 0) is 109 Å². The Bertz CT molecular complexity index is 953. The number of hydrogen-bond donors (Lipinski definition) is 0. The average molecular weight is 517 g/mol. The van der Waals surface area contributed by atoms with Gasteiger partial charge in [-0.25, -0.2) is 0 Å². The van der Waals surface area contributed by atoms with Crippen molar-refractivity contribution in [3.05, 3.63) is 46.5 Å². The fourth-order valence-corrected chi connectivity index (χ4v) is 3.00. The zero-order valence-corrected chi connectivity index (χ0v) is 25.1. The van der Waals surface area contributed by atoms with Gasteiger partial charge >= 0.3 is 17.9 Å². The zero-order valence-electron chi connectivity index (χ0n) is 25.1. The lowest BCUT2D eigenvalue weighted by Gasteiger charge is -2.26. The van der Waals surface area contributed by atoms with Crippen LogP contribution in [0.5, 0.6) is 0 Å². The Morgan fingerprint density at radius 1 is 0.595 bits per heavy atom. The van der Waals surface area contributed by atoms with E-state index < -0.39 is 16.2 Å². The predicted molar refractivity (Wildman–Crippen MR) is 146 cm³/mol. The molecule has 0 fully saturated rings. The molecule has 0 unspecified atom stereocenters. The molecule has 1 rings (SSSR count). The SMILES string of the molecule is C=C(Cc1c(COC(=O)C(C)(C)C)cc(COC(=O)C(C)(C)C)cc1COC(=O)C(C)(C)C)C(C)(C)C. The number of carbonyl (C=O) groups is 3. The first kappa shape index (κ1) is 32.4. The first-order chi connectivity index (χ1) is 16.5. The van der Waals surface area contributed by atoms with Gasteiger partial charge in [0.05, 0.1) is 16.2 Å². The van der Waals surface area contributed by atoms with Crippen LogP contribution in [0.3, 0.4) is 0 Å². The molecule has 1 aromatic carbocycles. The standard InChI is InChI=1S/C31H48O6/c1-20(28(2,3)4)14-24-22(18-36-26(33)30(8,9)10)15-21(17-35-25(32)29(5,6)7)16-23(24)19-37-27(34)31(11,12)13/h15-16H,1,14,17-19H2,2-13H3. The van der Waals surface area contributed by atoms with Crippen LogP contribution >= 0.6 is 0 Å². The van der Waals surface area contributed by atoms with Crippen molar-refractivity contribution in [3.8, 4) is 0 Å². The number of rotatable bonds is 8. The summed E-state index contributed by atoms with van der Waals surface area (Å²) in [7, 11) is 0. The normalized spacial score (nSPS) is 12.6. The second kappa shape index (κ2) is 11.8. The molecular weight excluding hydrogens is 468 g/mol. The molecule has 6 heteroatoms. The van der Waals surface area contributed by atoms with E-state index in [2.05, 4.69) is 27.4 Å². The van der Waals surface area contributed by atoms with Gasteiger partial charge in [0, 0.05) is 0 Å². The smallest absolute Gasteiger partial charge is 0.311 e. The minimum absolute atomic E-state index is 0.0458. The maximum Gasteiger partial charge on any atom is 0.311 e. The highest BCUT2D eigenvalue weighted by Gasteiger charge is 2.27. The summed E-state index contributed by atoms with van der Waals surface area (Å²) in [6.07, 6.45) is 0.524. The highest BCUT2D eigenvalue weighted by Crippen LogP contribution is 2.32. The summed E-state index contributed by atoms with van der Waals surface area (Å²) in [5.41, 5.74) is 2.07. The van der Waals surface area contributed by atoms with E-state index in [1.165, 1.54) is 0 Å². The Labute approximate surface area is 224 Å². The van der Waals surface area contributed by atoms with Crippen molar-refractivity contribution >= 4 is 17.9 Å². The van der Waals surface area contributed by atoms with Crippen LogP contribution in [0.1, 0.15) is 105 Å². The minimum Gasteiger partial charge on any atom is -0.460 e. The number of esters is 3. The van der Waals surface area contributed by atoms with Crippen molar-refractivity contribution in [2.45, 2.75) is 109 Å². The summed E-state index contributed by atoms with van der Waals surface area (Å²) >= 11 is 0. The van der Waals surface area contributed by atoms with Gasteiger partial charge in [-0.1, -0.05) is 32.9 Å². The molecule has 0 aliphatic rings. The molecule has 0 aromatic heterocycles. The number of allylic oxidation sites excluding steroid dienone is 1. The third kappa shape index (κ3) is 10.3. The number of carbonyl (C=O) groups excluding carboxylic acids is 3. The number of hydrogen-bond acceptors (Lipinski definition) is 6. The van der Waals surface area contributed by atoms with Crippen LogP contribution in [0.15, 0.2) is 24.3 Å². The Hall–Kier alpha value is -2.63. The Balaban J connectivity index is 3.55. The molecule has 0 N–H and O–H groups in total. The minimum atomic E-state index is -0.653. The number of ether oxygens (including phenoxy) is 3. The molecule has 0 amide bonds. The molecule has 6 nitrogen and oxygen atoms in total. The lowest BCUT2D eigenvalue weighted by molar-refractivity contribution is -0.154. The first-order valence-corrected chi connectivity index (χ1v) is 12.9. The molecule has 1 aromatic rings. The van der Waals surface area contributed by atoms with E-state index in [0.717, 1.165) is 27.8 Å². The average Bonchev–Trinajstić information content (AvgIpc) is 2.72. The fourth-order valence-electron chi connectivity index (χ4n) is 3.00. The molecule has 0 bridgehead atoms. The van der Waals surface area contributed by atoms with E-state index >= 15 is 0 Å². The van der Waals surface area contributed by atoms with Crippen LogP contribution in [-0.2, 0) is 54.8 Å². The molecule has 0 heterocycles. The molecule has 208 valence electrons. The summed E-state index contributed by atoms with van der Waals surface area (Å²) in [6.45, 7) is 26.9. The highest BCUT2D eigenvalue weighted by atomic mass is 16.5. The molecule has 0 atom stereocenters. The first-order valence-electron chi connectivity index (χ1n) is 12.9. The summed E-state index contributed by atoms with van der Waals surface area (Å²) in [4.78, 5) is 37.6. The topological polar surface area (TPSA) is 78.9 Å². The summed E-state index contributed by atoms with van der Waals surface area (Å²) in [5.74, 6) is -0.962. The van der Waals surface area contributed by atoms with Gasteiger partial charge in [-0.15, -0.1) is 0 Å². The zero-order chi connectivity index (χ0) is 29.0. The fraction of sp³-hybridized carbons (Fsp3) is 0.645. The molecule has 0 aliphatic carbocycles. The van der Waals surface area contributed by atoms with Crippen molar-refractivity contribution in [3.63, 3.8) is 0 Å². The lowest BCUT2D eigenvalue weighted by Crippen LogP contribution is -2.24. The van der Waals surface area contributed by atoms with Crippen molar-refractivity contribution in [1.29, 1.82) is 0 Å². The molecule has 0 saturated heterocycles. The van der Waals surface area contributed by atoms with Crippen LogP contribution in [0, 0.1) is 21.7 Å². The van der Waals surface area contributed by atoms with Crippen molar-refractivity contribution in [2.24, 2.45) is 21.7 Å². The summed E-state index contributed by atoms with van der Waals surface area (Å²) in [5, 5.41) is 0. The van der Waals surface area contributed by atoms with Crippen molar-refractivity contribution < 1.29 is 28.6 Å². The maximum absolute atomic E-state index is 12.6. The summed E-state index contributed by atoms with van der Waals surface area (Å²) in [6, 6.07) is 3.79. The van der Waals surface area contributed by atoms with E-state index in [1.807, 2.05) is 12.1 Å². The third-order valence-corrected chi connectivity index (χ3v) is 5.87. The molecule has 0 aliphatic heterocycles. The van der Waals surface area contributed by atoms with E-state index in [0.29, 0.717) is 6.42 Å². The molecule has 37 heavy (non-hydrogen) atoms. The molecule has 0 saturated carbocycles. The summed E-state index contributed by atoms with van der Waals surface area (Å²) < 4.78 is 16.9. The second-order valence-electron chi connectivity index (χ2n) is 13.9. The van der Waals surface area contributed by atoms with Crippen LogP contribution in [0.2, 0.25) is 0 Å². The Morgan fingerprint density at radius 3 is 1.22 bits per heavy atom. The van der Waals surface area contributed by atoms with Gasteiger partial charge in [0.1, 0.15) is 19.8 Å². The van der Waals surface area contributed by atoms with Crippen molar-refractivity contribution in [1.82, 2.24) is 0 Å². The van der Waals surface area contributed by atoms with Gasteiger partial charge < -0.3 is 14.2 Å². The second-order valence-corrected chi connectivity index (χ2v) is 13.9. The van der Waals surface area contributed by atoms with Crippen molar-refractivity contribution in [2.75, 3.05) is 0 Å². The van der Waals surface area contributed by atoms with Gasteiger partial charge in [0.2, 0.25) is 0 Å². The van der Waals surface area contributed by atoms with E-state index in [1.54, 1.807) is 62.3 Å². The van der Waals surface area contributed by atoms with E-state index in [9.17, 15) is 14.4 Å². The van der Waals surface area contributed by atoms with E-state index in [-0.39, 0.29) is 43.1 Å². The van der Waals surface area contributed by atoms with Crippen LogP contribution < -0.4 is 0 Å². The van der Waals surface area contributed by atoms with Crippen LogP contribution in [0.25, 0.3) is 0 Å². The van der Waals surface area contributed by atoms with Crippen LogP contribution in [0.4, 0.5) is 0 Å². The molecule has 0 spiro atoms. The maximum atomic E-state index is 12.6. The van der Waals surface area contributed by atoms with E-state index in [4.69, 9.17) is 14.2 Å². The van der Waals surface area contributed by atoms with Gasteiger partial charge in [-0.3, -0.25) is 14.4 Å². The monoisotopic (exact) mass is 516 g/mol. The van der Waals surface area contributed by atoms with Gasteiger partial charge in [0.15, 0.2) is 0 Å². The quantitative estimate of drug-likeness (QED) is 0.208. The molecular formula is C31H48O6. The lowest BCUT2D eigenvalue weighted by atomic mass is 9.81.